The van der Waals surface area contributed by atoms with E-state index in [9.17, 15) is 56.2 Å². The molecule has 0 aliphatic carbocycles. The topological polar surface area (TPSA) is 189 Å². The molecular weight excluding hydrogens is 849 g/mol. The summed E-state index contributed by atoms with van der Waals surface area (Å²) in [6, 6.07) is -4.19. The van der Waals surface area contributed by atoms with Crippen molar-refractivity contribution in [1.82, 2.24) is 35.6 Å². The molecule has 21 heteroatoms. The van der Waals surface area contributed by atoms with E-state index in [1.54, 1.807) is 13.8 Å². The monoisotopic (exact) mass is 905 g/mol. The zero-order valence-electron chi connectivity index (χ0n) is 35.7. The van der Waals surface area contributed by atoms with E-state index < -0.39 is 114 Å². The van der Waals surface area contributed by atoms with E-state index in [0.29, 0.717) is 24.2 Å². The lowest BCUT2D eigenvalue weighted by Crippen LogP contribution is -2.61. The third-order valence-corrected chi connectivity index (χ3v) is 12.0. The number of halogens is 6. The van der Waals surface area contributed by atoms with Crippen molar-refractivity contribution in [1.29, 1.82) is 0 Å². The van der Waals surface area contributed by atoms with Crippen LogP contribution >= 0.6 is 11.6 Å². The molecule has 4 rings (SSSR count). The highest BCUT2D eigenvalue weighted by Gasteiger charge is 2.59. The fourth-order valence-corrected chi connectivity index (χ4v) is 8.30. The van der Waals surface area contributed by atoms with Crippen molar-refractivity contribution in [2.45, 2.75) is 140 Å². The number of nitrogens with zero attached hydrogens (tertiary/aromatic N) is 4. The van der Waals surface area contributed by atoms with Crippen molar-refractivity contribution in [3.05, 3.63) is 34.6 Å². The van der Waals surface area contributed by atoms with E-state index in [4.69, 9.17) is 11.6 Å². The van der Waals surface area contributed by atoms with Gasteiger partial charge in [-0.25, -0.2) is 8.78 Å². The van der Waals surface area contributed by atoms with Crippen molar-refractivity contribution in [2.24, 2.45) is 5.92 Å². The first kappa shape index (κ1) is 50.1. The maximum Gasteiger partial charge on any atom is 0.426 e. The summed E-state index contributed by atoms with van der Waals surface area (Å²) in [4.78, 5) is 101. The van der Waals surface area contributed by atoms with Crippen molar-refractivity contribution < 1.29 is 60.6 Å². The first-order valence-corrected chi connectivity index (χ1v) is 21.2. The predicted molar refractivity (Wildman–Crippen MR) is 215 cm³/mol. The molecule has 8 atom stereocenters. The quantitative estimate of drug-likeness (QED) is 0.258. The number of aliphatic hydroxyl groups is 1. The Morgan fingerprint density at radius 2 is 1.73 bits per heavy atom. The highest BCUT2D eigenvalue weighted by Crippen LogP contribution is 2.34. The number of amides is 7. The van der Waals surface area contributed by atoms with Crippen LogP contribution in [-0.2, 0) is 40.0 Å². The second-order valence-corrected chi connectivity index (χ2v) is 17.3. The number of fused-ring (bicyclic) bond motifs is 1. The molecule has 0 saturated carbocycles. The van der Waals surface area contributed by atoms with E-state index in [-0.39, 0.29) is 68.6 Å². The van der Waals surface area contributed by atoms with E-state index >= 15 is 4.39 Å². The van der Waals surface area contributed by atoms with E-state index in [1.165, 1.54) is 38.1 Å². The second kappa shape index (κ2) is 20.7. The number of likely N-dealkylation sites (tertiary alicyclic amines) is 1. The zero-order chi connectivity index (χ0) is 46.4. The van der Waals surface area contributed by atoms with Crippen LogP contribution in [0.1, 0.15) is 84.6 Å². The molecule has 3 aliphatic heterocycles. The first-order chi connectivity index (χ1) is 28.9. The van der Waals surface area contributed by atoms with Crippen molar-refractivity contribution in [3.63, 3.8) is 0 Å². The Labute approximate surface area is 362 Å². The number of likely N-dealkylation sites (N-methyl/N-ethyl adjacent to an activating group) is 2. The van der Waals surface area contributed by atoms with Gasteiger partial charge in [-0.1, -0.05) is 32.4 Å². The molecule has 4 N–H and O–H groups in total. The van der Waals surface area contributed by atoms with Gasteiger partial charge in [-0.15, -0.1) is 0 Å². The van der Waals surface area contributed by atoms with Gasteiger partial charge in [0.25, 0.3) is 5.91 Å². The summed E-state index contributed by atoms with van der Waals surface area (Å²) >= 11 is 6.18. The Morgan fingerprint density at radius 3 is 2.35 bits per heavy atom. The molecule has 0 spiro atoms. The molecule has 0 aromatic heterocycles. The number of benzene rings is 1. The largest absolute Gasteiger partial charge is 0.426 e. The molecule has 346 valence electrons. The van der Waals surface area contributed by atoms with Crippen molar-refractivity contribution >= 4 is 53.0 Å². The number of carbonyl (C=O) groups is 7. The summed E-state index contributed by atoms with van der Waals surface area (Å²) in [5.74, 6) is -7.33. The average molecular weight is 906 g/mol. The molecule has 1 aromatic rings. The predicted octanol–water partition coefficient (Wildman–Crippen LogP) is 2.64. The fourth-order valence-electron chi connectivity index (χ4n) is 8.11. The molecule has 0 radical (unpaired) electrons. The highest BCUT2D eigenvalue weighted by molar-refractivity contribution is 6.30. The van der Waals surface area contributed by atoms with Crippen LogP contribution in [0.2, 0.25) is 5.02 Å². The molecule has 1 aromatic carbocycles. The third kappa shape index (κ3) is 11.5. The van der Waals surface area contributed by atoms with Crippen LogP contribution in [0.3, 0.4) is 0 Å². The second-order valence-electron chi connectivity index (χ2n) is 16.9. The Kier molecular flexibility index (Phi) is 16.7. The van der Waals surface area contributed by atoms with Crippen LogP contribution in [0.4, 0.5) is 22.0 Å². The van der Waals surface area contributed by atoms with E-state index in [0.717, 1.165) is 15.9 Å². The Bertz CT molecular complexity index is 1850. The summed E-state index contributed by atoms with van der Waals surface area (Å²) in [5.41, 5.74) is -3.89. The molecular formula is C41H57ClF5N7O8. The smallest absolute Gasteiger partial charge is 0.373 e. The van der Waals surface area contributed by atoms with Gasteiger partial charge in [0.1, 0.15) is 48.2 Å². The van der Waals surface area contributed by atoms with Gasteiger partial charge in [0.2, 0.25) is 41.0 Å². The van der Waals surface area contributed by atoms with Gasteiger partial charge in [0.05, 0.1) is 6.54 Å². The number of hydrogen-bond donors (Lipinski definition) is 4. The van der Waals surface area contributed by atoms with Crippen LogP contribution < -0.4 is 16.0 Å². The molecule has 3 saturated heterocycles. The van der Waals surface area contributed by atoms with Gasteiger partial charge in [0.15, 0.2) is 0 Å². The average Bonchev–Trinajstić information content (AvgIpc) is 3.86. The molecule has 62 heavy (non-hydrogen) atoms. The van der Waals surface area contributed by atoms with E-state index in [1.807, 2.05) is 0 Å². The maximum absolute atomic E-state index is 15.2. The Morgan fingerprint density at radius 1 is 1.05 bits per heavy atom. The summed E-state index contributed by atoms with van der Waals surface area (Å²) < 4.78 is 70.3. The summed E-state index contributed by atoms with van der Waals surface area (Å²) in [6.07, 6.45) is -6.99. The van der Waals surface area contributed by atoms with Gasteiger partial charge in [-0.2, -0.15) is 13.2 Å². The minimum absolute atomic E-state index is 0.00157. The van der Waals surface area contributed by atoms with Gasteiger partial charge >= 0.3 is 6.18 Å². The number of nitrogens with one attached hydrogen (secondary N) is 3. The Balaban J connectivity index is 1.64. The van der Waals surface area contributed by atoms with Crippen molar-refractivity contribution in [2.75, 3.05) is 33.7 Å². The number of rotatable bonds is 10. The number of carbonyl (C=O) groups excluding carboxylic acids is 7. The van der Waals surface area contributed by atoms with Crippen LogP contribution in [0, 0.1) is 11.7 Å². The van der Waals surface area contributed by atoms with Gasteiger partial charge in [-0.05, 0) is 81.5 Å². The molecule has 3 aliphatic rings. The minimum atomic E-state index is -5.44. The summed E-state index contributed by atoms with van der Waals surface area (Å²) in [7, 11) is 2.62. The number of alkyl halides is 4. The van der Waals surface area contributed by atoms with Gasteiger partial charge < -0.3 is 40.7 Å². The van der Waals surface area contributed by atoms with Crippen molar-refractivity contribution in [3.8, 4) is 0 Å². The minimum Gasteiger partial charge on any atom is -0.373 e. The normalized spacial score (nSPS) is 26.1. The SMILES string of the molecule is CC[C@H](NC(=O)[C@@H]1C[C@@H](F)CN1C(=O)[C@@](C)(O)C(F)(F)F)C(=O)N(C)[C@H]1CCCCNC(=O)[C@H]2CCCN2C(=O)[C@H](Cc2cc(Cl)ccc2F)N(C)C(=O)[C@H](CC(C)C)NC1=O. The fraction of sp³-hybridized carbons (Fsp3) is 0.683. The number of hydrogen-bond acceptors (Lipinski definition) is 8. The maximum atomic E-state index is 15.2. The van der Waals surface area contributed by atoms with Crippen LogP contribution in [-0.4, -0.2) is 154 Å². The van der Waals surface area contributed by atoms with Crippen LogP contribution in [0.5, 0.6) is 0 Å². The standard InChI is InChI=1S/C41H57ClF5N7O8/c1-7-27(49-35(57)31-20-25(43)21-54(31)39(61)40(4,62)41(45,46)47)36(58)51(5)29-11-8-9-15-48-33(55)30-12-10-16-53(30)38(60)32(19-23-18-24(42)13-14-26(23)44)52(6)37(59)28(17-22(2)3)50-34(29)56/h13-14,18,22,25,27-32,62H,7-12,15-17,19-21H2,1-6H3,(H,48,55)(H,49,57)(H,50,56)/t25-,27+,28+,29+,30-,31+,32+,40-/m1/s1. The first-order valence-electron chi connectivity index (χ1n) is 20.8. The highest BCUT2D eigenvalue weighted by atomic mass is 35.5. The Hall–Kier alpha value is -4.59. The van der Waals surface area contributed by atoms with Gasteiger partial charge in [-0.3, -0.25) is 33.6 Å². The molecule has 7 amide bonds. The van der Waals surface area contributed by atoms with Gasteiger partial charge in [0, 0.05) is 45.0 Å². The molecule has 0 unspecified atom stereocenters. The lowest BCUT2D eigenvalue weighted by atomic mass is 9.98. The van der Waals surface area contributed by atoms with E-state index in [2.05, 4.69) is 16.0 Å². The zero-order valence-corrected chi connectivity index (χ0v) is 36.5. The molecule has 15 nitrogen and oxygen atoms in total. The molecule has 0 bridgehead atoms. The lowest BCUT2D eigenvalue weighted by molar-refractivity contribution is -0.250. The summed E-state index contributed by atoms with van der Waals surface area (Å²) in [5, 5.41) is 18.1. The van der Waals surface area contributed by atoms with Crippen LogP contribution in [0.15, 0.2) is 18.2 Å². The summed E-state index contributed by atoms with van der Waals surface area (Å²) in [6.45, 7) is 4.72. The molecule has 3 fully saturated rings. The third-order valence-electron chi connectivity index (χ3n) is 11.8. The molecule has 3 heterocycles. The van der Waals surface area contributed by atoms with Crippen LogP contribution in [0.25, 0.3) is 0 Å². The lowest BCUT2D eigenvalue weighted by Gasteiger charge is -2.36.